The summed E-state index contributed by atoms with van der Waals surface area (Å²) in [6, 6.07) is 11.2. The molecule has 0 radical (unpaired) electrons. The number of aromatic hydroxyl groups is 2. The lowest BCUT2D eigenvalue weighted by Gasteiger charge is -2.75. The summed E-state index contributed by atoms with van der Waals surface area (Å²) in [6.45, 7) is 5.23. The van der Waals surface area contributed by atoms with Crippen molar-refractivity contribution >= 4 is 12.2 Å². The van der Waals surface area contributed by atoms with Gasteiger partial charge in [-0.3, -0.25) is 4.74 Å². The summed E-state index contributed by atoms with van der Waals surface area (Å²) in [4.78, 5) is 0. The molecule has 3 heterocycles. The number of phenols is 2. The first kappa shape index (κ1) is 22.6. The molecule has 0 saturated carbocycles. The Bertz CT molecular complexity index is 1060. The zero-order chi connectivity index (χ0) is 23.6. The third kappa shape index (κ3) is 2.95. The molecule has 3 aliphatic heterocycles. The zero-order valence-corrected chi connectivity index (χ0v) is 18.4. The Morgan fingerprint density at radius 2 is 1.44 bits per heavy atom. The maximum Gasteiger partial charge on any atom is 0.242 e. The van der Waals surface area contributed by atoms with E-state index in [-0.39, 0.29) is 17.2 Å². The maximum absolute atomic E-state index is 11.4. The van der Waals surface area contributed by atoms with Crippen LogP contribution in [-0.4, -0.2) is 60.5 Å². The maximum atomic E-state index is 11.4. The van der Waals surface area contributed by atoms with E-state index in [1.807, 2.05) is 0 Å². The van der Waals surface area contributed by atoms with Crippen molar-refractivity contribution < 1.29 is 39.7 Å². The van der Waals surface area contributed by atoms with Gasteiger partial charge in [0.15, 0.2) is 5.60 Å². The van der Waals surface area contributed by atoms with E-state index in [2.05, 4.69) is 0 Å². The Morgan fingerprint density at radius 3 is 2.03 bits per heavy atom. The molecule has 2 aromatic carbocycles. The lowest BCUT2D eigenvalue weighted by atomic mass is 9.59. The second-order valence-corrected chi connectivity index (χ2v) is 9.03. The molecular formula is C24H28O8. The molecule has 5 rings (SSSR count). The van der Waals surface area contributed by atoms with Crippen molar-refractivity contribution in [1.82, 2.24) is 0 Å². The van der Waals surface area contributed by atoms with Crippen molar-refractivity contribution in [2.24, 2.45) is 0 Å². The highest BCUT2D eigenvalue weighted by Gasteiger charge is 2.87. The van der Waals surface area contributed by atoms with Crippen LogP contribution in [0.2, 0.25) is 0 Å². The summed E-state index contributed by atoms with van der Waals surface area (Å²) in [5.74, 6) is -3.19. The van der Waals surface area contributed by atoms with E-state index >= 15 is 0 Å². The number of aliphatic hydroxyl groups is 3. The second kappa shape index (κ2) is 6.94. The van der Waals surface area contributed by atoms with Crippen molar-refractivity contribution in [3.63, 3.8) is 0 Å². The fourth-order valence-electron chi connectivity index (χ4n) is 4.49. The highest BCUT2D eigenvalue weighted by Crippen LogP contribution is 2.64. The van der Waals surface area contributed by atoms with E-state index in [1.165, 1.54) is 39.8 Å². The second-order valence-electron chi connectivity index (χ2n) is 9.03. The molecule has 5 unspecified atom stereocenters. The molecule has 3 saturated heterocycles. The Balaban J connectivity index is 1.64. The first-order valence-corrected chi connectivity index (χ1v) is 10.3. The first-order chi connectivity index (χ1) is 14.8. The van der Waals surface area contributed by atoms with Gasteiger partial charge in [0.05, 0.1) is 0 Å². The van der Waals surface area contributed by atoms with Crippen LogP contribution in [-0.2, 0) is 9.47 Å². The van der Waals surface area contributed by atoms with E-state index in [4.69, 9.17) is 14.2 Å². The van der Waals surface area contributed by atoms with Crippen LogP contribution in [0.25, 0.3) is 12.2 Å². The summed E-state index contributed by atoms with van der Waals surface area (Å²) < 4.78 is 17.6. The van der Waals surface area contributed by atoms with Gasteiger partial charge in [0, 0.05) is 13.0 Å². The van der Waals surface area contributed by atoms with Gasteiger partial charge in [0.1, 0.15) is 35.1 Å². The highest BCUT2D eigenvalue weighted by molar-refractivity contribution is 5.71. The van der Waals surface area contributed by atoms with Crippen LogP contribution >= 0.6 is 0 Å². The number of hydrogen-bond acceptors (Lipinski definition) is 8. The fourth-order valence-corrected chi connectivity index (χ4v) is 4.49. The molecule has 0 spiro atoms. The number of ether oxygens (including phenoxy) is 3. The summed E-state index contributed by atoms with van der Waals surface area (Å²) in [6.07, 6.45) is 3.55. The van der Waals surface area contributed by atoms with Gasteiger partial charge in [-0.05, 0) is 56.2 Å². The van der Waals surface area contributed by atoms with Crippen LogP contribution in [0.15, 0.2) is 42.5 Å². The van der Waals surface area contributed by atoms with E-state index in [0.29, 0.717) is 5.56 Å². The van der Waals surface area contributed by atoms with Crippen molar-refractivity contribution in [3.05, 3.63) is 53.6 Å². The van der Waals surface area contributed by atoms with Gasteiger partial charge in [-0.15, -0.1) is 0 Å². The minimum absolute atomic E-state index is 0.0663. The molecule has 8 heteroatoms. The van der Waals surface area contributed by atoms with Crippen molar-refractivity contribution in [3.8, 4) is 17.2 Å². The quantitative estimate of drug-likeness (QED) is 0.445. The van der Waals surface area contributed by atoms with Crippen LogP contribution in [0.3, 0.4) is 0 Å². The van der Waals surface area contributed by atoms with Crippen molar-refractivity contribution in [2.45, 2.75) is 56.1 Å². The van der Waals surface area contributed by atoms with E-state index in [9.17, 15) is 25.5 Å². The molecule has 3 fully saturated rings. The normalized spacial score (nSPS) is 38.5. The average molecular weight is 444 g/mol. The van der Waals surface area contributed by atoms with Gasteiger partial charge in [-0.1, -0.05) is 24.3 Å². The van der Waals surface area contributed by atoms with E-state index in [1.54, 1.807) is 42.5 Å². The molecule has 2 bridgehead atoms. The van der Waals surface area contributed by atoms with Crippen LogP contribution < -0.4 is 4.74 Å². The Hall–Kier alpha value is -2.62. The molecule has 32 heavy (non-hydrogen) atoms. The number of hydrogen-bond donors (Lipinski definition) is 5. The molecular weight excluding hydrogens is 416 g/mol. The number of phenolic OH excluding ortho intramolecular Hbond substituents is 2. The molecule has 3 aliphatic rings. The predicted molar refractivity (Wildman–Crippen MR) is 116 cm³/mol. The smallest absolute Gasteiger partial charge is 0.242 e. The third-order valence-corrected chi connectivity index (χ3v) is 7.01. The average Bonchev–Trinajstić information content (AvgIpc) is 2.71. The Labute approximate surface area is 185 Å². The SMILES string of the molecule is CC1(Oc2cc(O)cc(/C=C/c3ccc(O)cc3)c2)OC2(CO)OC(C)(C1(C)O)C2(C)O. The Morgan fingerprint density at radius 1 is 0.812 bits per heavy atom. The van der Waals surface area contributed by atoms with Gasteiger partial charge in [-0.25, -0.2) is 0 Å². The van der Waals surface area contributed by atoms with Gasteiger partial charge in [-0.2, -0.15) is 0 Å². The fraction of sp³-hybridized carbons (Fsp3) is 0.417. The number of aliphatic hydroxyl groups excluding tert-OH is 1. The molecule has 172 valence electrons. The molecule has 5 atom stereocenters. The van der Waals surface area contributed by atoms with Crippen molar-refractivity contribution in [2.75, 3.05) is 6.61 Å². The topological polar surface area (TPSA) is 129 Å². The van der Waals surface area contributed by atoms with Gasteiger partial charge < -0.3 is 35.0 Å². The first-order valence-electron chi connectivity index (χ1n) is 10.3. The van der Waals surface area contributed by atoms with Crippen molar-refractivity contribution in [1.29, 1.82) is 0 Å². The molecule has 0 aromatic heterocycles. The molecule has 8 nitrogen and oxygen atoms in total. The zero-order valence-electron chi connectivity index (χ0n) is 18.4. The summed E-state index contributed by atoms with van der Waals surface area (Å²) in [5, 5.41) is 51.8. The lowest BCUT2D eigenvalue weighted by molar-refractivity contribution is -0.597. The Kier molecular flexibility index (Phi) is 4.89. The van der Waals surface area contributed by atoms with Gasteiger partial charge >= 0.3 is 0 Å². The minimum Gasteiger partial charge on any atom is -0.508 e. The van der Waals surface area contributed by atoms with Crippen LogP contribution in [0.5, 0.6) is 17.2 Å². The lowest BCUT2D eigenvalue weighted by Crippen LogP contribution is -2.96. The number of fused-ring (bicyclic) bond motifs is 2. The number of benzene rings is 2. The summed E-state index contributed by atoms with van der Waals surface area (Å²) in [7, 11) is 0. The molecule has 0 aliphatic carbocycles. The van der Waals surface area contributed by atoms with E-state index < -0.39 is 35.0 Å². The standard InChI is InChI=1S/C24H28O8/c1-20(28)22(3)21(2,29)24(14-25,31-22)32-23(20,4)30-19-12-16(11-18(27)13-19)6-5-15-7-9-17(26)10-8-15/h5-13,25-29H,14H2,1-4H3/b6-5+. The minimum atomic E-state index is -1.84. The molecule has 0 amide bonds. The van der Waals surface area contributed by atoms with Gasteiger partial charge in [0.25, 0.3) is 0 Å². The highest BCUT2D eigenvalue weighted by atomic mass is 16.9. The third-order valence-electron chi connectivity index (χ3n) is 7.01. The van der Waals surface area contributed by atoms with Crippen LogP contribution in [0.1, 0.15) is 38.8 Å². The molecule has 2 aromatic rings. The van der Waals surface area contributed by atoms with Crippen LogP contribution in [0.4, 0.5) is 0 Å². The molecule has 5 N–H and O–H groups in total. The summed E-state index contributed by atoms with van der Waals surface area (Å²) in [5.41, 5.74) is -3.56. The largest absolute Gasteiger partial charge is 0.508 e. The monoisotopic (exact) mass is 444 g/mol. The van der Waals surface area contributed by atoms with E-state index in [0.717, 1.165) is 5.56 Å². The predicted octanol–water partition coefficient (Wildman–Crippen LogP) is 2.37. The summed E-state index contributed by atoms with van der Waals surface area (Å²) >= 11 is 0. The van der Waals surface area contributed by atoms with Gasteiger partial charge in [0.2, 0.25) is 11.6 Å². The number of rotatable bonds is 5. The van der Waals surface area contributed by atoms with Crippen LogP contribution in [0, 0.1) is 0 Å².